The summed E-state index contributed by atoms with van der Waals surface area (Å²) in [5, 5.41) is 17.2. The SMILES string of the molecule is c1ccc2c(-c3nc(-c4ccc5ncnnc5c4)nc(-c4c5ccccc5cc5ccccc45)n3)c3ccccc3cc2c1. The first-order valence-corrected chi connectivity index (χ1v) is 14.5. The second-order valence-corrected chi connectivity index (χ2v) is 10.9. The predicted molar refractivity (Wildman–Crippen MR) is 177 cm³/mol. The van der Waals surface area contributed by atoms with Crippen molar-refractivity contribution >= 4 is 54.1 Å². The molecule has 0 aliphatic rings. The van der Waals surface area contributed by atoms with E-state index in [2.05, 4.69) is 124 Å². The average molecular weight is 563 g/mol. The van der Waals surface area contributed by atoms with Crippen molar-refractivity contribution in [1.29, 1.82) is 0 Å². The fourth-order valence-electron chi connectivity index (χ4n) is 6.27. The van der Waals surface area contributed by atoms with Crippen LogP contribution in [0.5, 0.6) is 0 Å². The van der Waals surface area contributed by atoms with Gasteiger partial charge in [-0.25, -0.2) is 19.9 Å². The normalized spacial score (nSPS) is 11.6. The lowest BCUT2D eigenvalue weighted by Gasteiger charge is -2.15. The van der Waals surface area contributed by atoms with Gasteiger partial charge in [0.15, 0.2) is 17.5 Å². The van der Waals surface area contributed by atoms with Crippen molar-refractivity contribution in [3.8, 4) is 34.2 Å². The third kappa shape index (κ3) is 3.89. The van der Waals surface area contributed by atoms with Crippen LogP contribution >= 0.6 is 0 Å². The molecule has 0 aliphatic heterocycles. The zero-order valence-electron chi connectivity index (χ0n) is 23.4. The fraction of sp³-hybridized carbons (Fsp3) is 0. The van der Waals surface area contributed by atoms with Gasteiger partial charge in [0.2, 0.25) is 0 Å². The molecule has 0 saturated carbocycles. The van der Waals surface area contributed by atoms with Crippen molar-refractivity contribution in [1.82, 2.24) is 30.1 Å². The summed E-state index contributed by atoms with van der Waals surface area (Å²) in [7, 11) is 0. The lowest BCUT2D eigenvalue weighted by Crippen LogP contribution is -2.02. The summed E-state index contributed by atoms with van der Waals surface area (Å²) >= 11 is 0. The molecule has 0 spiro atoms. The van der Waals surface area contributed by atoms with Gasteiger partial charge in [-0.05, 0) is 73.4 Å². The maximum absolute atomic E-state index is 5.30. The molecule has 44 heavy (non-hydrogen) atoms. The smallest absolute Gasteiger partial charge is 0.165 e. The van der Waals surface area contributed by atoms with Crippen LogP contribution in [0.1, 0.15) is 0 Å². The Labute approximate surface area is 251 Å². The molecule has 0 amide bonds. The molecule has 9 aromatic rings. The van der Waals surface area contributed by atoms with E-state index in [1.165, 1.54) is 6.33 Å². The molecule has 0 saturated heterocycles. The van der Waals surface area contributed by atoms with Gasteiger partial charge in [0, 0.05) is 16.7 Å². The average Bonchev–Trinajstić information content (AvgIpc) is 3.09. The monoisotopic (exact) mass is 562 g/mol. The summed E-state index contributed by atoms with van der Waals surface area (Å²) in [6.45, 7) is 0. The van der Waals surface area contributed by atoms with Crippen molar-refractivity contribution in [3.05, 3.63) is 134 Å². The van der Waals surface area contributed by atoms with E-state index in [0.29, 0.717) is 23.0 Å². The second kappa shape index (κ2) is 9.71. The van der Waals surface area contributed by atoms with Crippen LogP contribution in [0.4, 0.5) is 0 Å². The highest BCUT2D eigenvalue weighted by molar-refractivity contribution is 6.13. The number of hydrogen-bond acceptors (Lipinski definition) is 6. The quantitative estimate of drug-likeness (QED) is 0.200. The Balaban J connectivity index is 1.43. The minimum absolute atomic E-state index is 0.562. The van der Waals surface area contributed by atoms with Crippen LogP contribution in [-0.4, -0.2) is 30.1 Å². The summed E-state index contributed by atoms with van der Waals surface area (Å²) < 4.78 is 0. The van der Waals surface area contributed by atoms with Gasteiger partial charge in [-0.2, -0.15) is 0 Å². The first-order chi connectivity index (χ1) is 21.8. The first-order valence-electron chi connectivity index (χ1n) is 14.5. The standard InChI is InChI=1S/C38H22N6/c1-5-13-28-23(9-1)19-24-10-2-6-14-29(24)34(28)37-41-36(27-17-18-32-33(21-27)44-40-22-39-32)42-38(43-37)35-30-15-7-3-11-25(30)20-26-12-4-8-16-31(26)35/h1-22H. The van der Waals surface area contributed by atoms with E-state index in [0.717, 1.165) is 65.3 Å². The van der Waals surface area contributed by atoms with E-state index in [-0.39, 0.29) is 0 Å². The van der Waals surface area contributed by atoms with Crippen LogP contribution in [0, 0.1) is 0 Å². The molecule has 7 aromatic carbocycles. The minimum atomic E-state index is 0.562. The fourth-order valence-corrected chi connectivity index (χ4v) is 6.27. The summed E-state index contributed by atoms with van der Waals surface area (Å²) in [5.41, 5.74) is 4.22. The molecule has 0 fully saturated rings. The maximum Gasteiger partial charge on any atom is 0.165 e. The van der Waals surface area contributed by atoms with E-state index in [4.69, 9.17) is 15.0 Å². The highest BCUT2D eigenvalue weighted by Gasteiger charge is 2.20. The lowest BCUT2D eigenvalue weighted by molar-refractivity contribution is 1.02. The van der Waals surface area contributed by atoms with Gasteiger partial charge in [-0.1, -0.05) is 97.1 Å². The number of benzene rings is 7. The topological polar surface area (TPSA) is 77.3 Å². The van der Waals surface area contributed by atoms with Crippen LogP contribution in [0.25, 0.3) is 88.3 Å². The van der Waals surface area contributed by atoms with Gasteiger partial charge < -0.3 is 0 Å². The molecule has 6 heteroatoms. The van der Waals surface area contributed by atoms with E-state index < -0.39 is 0 Å². The van der Waals surface area contributed by atoms with Crippen LogP contribution in [0.15, 0.2) is 134 Å². The number of fused-ring (bicyclic) bond motifs is 5. The Morgan fingerprint density at radius 3 is 1.34 bits per heavy atom. The Hall–Kier alpha value is -6.14. The molecule has 0 aliphatic carbocycles. The van der Waals surface area contributed by atoms with Crippen molar-refractivity contribution in [2.45, 2.75) is 0 Å². The molecule has 6 nitrogen and oxygen atoms in total. The Morgan fingerprint density at radius 1 is 0.386 bits per heavy atom. The minimum Gasteiger partial charge on any atom is -0.233 e. The third-order valence-electron chi connectivity index (χ3n) is 8.27. The molecule has 2 aromatic heterocycles. The molecule has 204 valence electrons. The summed E-state index contributed by atoms with van der Waals surface area (Å²) in [4.78, 5) is 20.0. The molecule has 0 bridgehead atoms. The molecule has 0 atom stereocenters. The number of rotatable bonds is 3. The van der Waals surface area contributed by atoms with Gasteiger partial charge in [0.05, 0.1) is 5.52 Å². The van der Waals surface area contributed by atoms with Crippen molar-refractivity contribution in [2.24, 2.45) is 0 Å². The summed E-state index contributed by atoms with van der Waals surface area (Å²) in [6, 6.07) is 44.0. The highest BCUT2D eigenvalue weighted by atomic mass is 15.1. The van der Waals surface area contributed by atoms with Crippen molar-refractivity contribution in [2.75, 3.05) is 0 Å². The Kier molecular flexibility index (Phi) is 5.40. The zero-order chi connectivity index (χ0) is 29.0. The van der Waals surface area contributed by atoms with Gasteiger partial charge >= 0.3 is 0 Å². The summed E-state index contributed by atoms with van der Waals surface area (Å²) in [6.07, 6.45) is 1.46. The highest BCUT2D eigenvalue weighted by Crippen LogP contribution is 2.39. The van der Waals surface area contributed by atoms with E-state index >= 15 is 0 Å². The molecule has 9 rings (SSSR count). The van der Waals surface area contributed by atoms with Crippen LogP contribution in [0.3, 0.4) is 0 Å². The van der Waals surface area contributed by atoms with E-state index in [1.807, 2.05) is 18.2 Å². The van der Waals surface area contributed by atoms with Gasteiger partial charge in [0.25, 0.3) is 0 Å². The molecule has 0 N–H and O–H groups in total. The van der Waals surface area contributed by atoms with Gasteiger partial charge in [0.1, 0.15) is 11.8 Å². The molecular formula is C38H22N6. The van der Waals surface area contributed by atoms with Crippen LogP contribution in [0.2, 0.25) is 0 Å². The first kappa shape index (κ1) is 24.5. The Morgan fingerprint density at radius 2 is 0.841 bits per heavy atom. The Bertz CT molecular complexity index is 2330. The van der Waals surface area contributed by atoms with Crippen LogP contribution in [-0.2, 0) is 0 Å². The largest absolute Gasteiger partial charge is 0.233 e. The predicted octanol–water partition coefficient (Wildman–Crippen LogP) is 8.82. The van der Waals surface area contributed by atoms with Crippen LogP contribution < -0.4 is 0 Å². The van der Waals surface area contributed by atoms with Crippen molar-refractivity contribution < 1.29 is 0 Å². The summed E-state index contributed by atoms with van der Waals surface area (Å²) in [5.74, 6) is 1.80. The van der Waals surface area contributed by atoms with E-state index in [9.17, 15) is 0 Å². The van der Waals surface area contributed by atoms with Gasteiger partial charge in [-0.15, -0.1) is 10.2 Å². The molecular weight excluding hydrogens is 540 g/mol. The maximum atomic E-state index is 5.30. The number of aromatic nitrogens is 6. The lowest BCUT2D eigenvalue weighted by atomic mass is 9.95. The second-order valence-electron chi connectivity index (χ2n) is 10.9. The zero-order valence-corrected chi connectivity index (χ0v) is 23.4. The molecule has 0 unspecified atom stereocenters. The molecule has 0 radical (unpaired) electrons. The number of nitrogens with zero attached hydrogens (tertiary/aromatic N) is 6. The number of hydrogen-bond donors (Lipinski definition) is 0. The molecule has 2 heterocycles. The van der Waals surface area contributed by atoms with E-state index in [1.54, 1.807) is 0 Å². The third-order valence-corrected chi connectivity index (χ3v) is 8.27. The van der Waals surface area contributed by atoms with Gasteiger partial charge in [-0.3, -0.25) is 0 Å². The van der Waals surface area contributed by atoms with Crippen molar-refractivity contribution in [3.63, 3.8) is 0 Å².